The molecule has 0 aliphatic heterocycles. The molecule has 106 valence electrons. The van der Waals surface area contributed by atoms with Crippen LogP contribution in [-0.2, 0) is 11.3 Å². The molecule has 2 rings (SSSR count). The Morgan fingerprint density at radius 3 is 3.00 bits per heavy atom. The van der Waals surface area contributed by atoms with Crippen LogP contribution in [-0.4, -0.2) is 15.7 Å². The van der Waals surface area contributed by atoms with Crippen LogP contribution in [0.4, 0.5) is 15.8 Å². The first-order valence-corrected chi connectivity index (χ1v) is 7.15. The molecule has 0 spiro atoms. The first-order valence-electron chi connectivity index (χ1n) is 6.07. The van der Waals surface area contributed by atoms with Crippen LogP contribution in [0.15, 0.2) is 30.6 Å². The molecular weight excluding hydrogens is 374 g/mol. The minimum absolute atomic E-state index is 0.114. The van der Waals surface area contributed by atoms with Crippen LogP contribution in [0.5, 0.6) is 0 Å². The highest BCUT2D eigenvalue weighted by Crippen LogP contribution is 2.17. The fourth-order valence-electron chi connectivity index (χ4n) is 1.71. The van der Waals surface area contributed by atoms with E-state index in [9.17, 15) is 9.18 Å². The van der Waals surface area contributed by atoms with E-state index in [2.05, 4.69) is 33.0 Å². The van der Waals surface area contributed by atoms with Gasteiger partial charge in [0.25, 0.3) is 0 Å². The number of carbonyl (C=O) groups excluding carboxylic acids is 1. The Morgan fingerprint density at radius 2 is 2.30 bits per heavy atom. The third kappa shape index (κ3) is 4.19. The molecule has 0 atom stereocenters. The summed E-state index contributed by atoms with van der Waals surface area (Å²) < 4.78 is 16.3. The van der Waals surface area contributed by atoms with Gasteiger partial charge in [0.15, 0.2) is 0 Å². The highest BCUT2D eigenvalue weighted by molar-refractivity contribution is 14.1. The molecule has 0 unspecified atom stereocenters. The van der Waals surface area contributed by atoms with E-state index in [-0.39, 0.29) is 11.6 Å². The molecule has 0 aliphatic rings. The fourth-order valence-corrected chi connectivity index (χ4v) is 2.16. The Bertz CT molecular complexity index is 614. The van der Waals surface area contributed by atoms with Crippen molar-refractivity contribution < 1.29 is 9.18 Å². The average molecular weight is 388 g/mol. The average Bonchev–Trinajstić information content (AvgIpc) is 2.80. The zero-order valence-electron chi connectivity index (χ0n) is 10.6. The number of aromatic nitrogens is 2. The number of rotatable bonds is 5. The lowest BCUT2D eigenvalue weighted by atomic mass is 10.2. The van der Waals surface area contributed by atoms with E-state index < -0.39 is 5.82 Å². The van der Waals surface area contributed by atoms with Crippen molar-refractivity contribution in [3.63, 3.8) is 0 Å². The summed E-state index contributed by atoms with van der Waals surface area (Å²) in [5, 5.41) is 6.64. The van der Waals surface area contributed by atoms with Crippen molar-refractivity contribution >= 4 is 39.9 Å². The molecule has 0 saturated carbocycles. The molecule has 20 heavy (non-hydrogen) atoms. The third-order valence-electron chi connectivity index (χ3n) is 2.66. The quantitative estimate of drug-likeness (QED) is 0.611. The number of halogens is 2. The number of hydrogen-bond donors (Lipinski definition) is 2. The van der Waals surface area contributed by atoms with Gasteiger partial charge in [0.05, 0.1) is 15.5 Å². The van der Waals surface area contributed by atoms with Crippen molar-refractivity contribution in [1.82, 2.24) is 9.78 Å². The fraction of sp³-hybridized carbons (Fsp3) is 0.231. The summed E-state index contributed by atoms with van der Waals surface area (Å²) in [6.45, 7) is 0.649. The Morgan fingerprint density at radius 1 is 1.50 bits per heavy atom. The maximum atomic E-state index is 13.4. The topological polar surface area (TPSA) is 72.9 Å². The highest BCUT2D eigenvalue weighted by Gasteiger charge is 2.07. The molecule has 0 aliphatic carbocycles. The van der Waals surface area contributed by atoms with Crippen LogP contribution in [0.1, 0.15) is 12.8 Å². The van der Waals surface area contributed by atoms with E-state index in [1.165, 1.54) is 18.2 Å². The van der Waals surface area contributed by atoms with Crippen LogP contribution >= 0.6 is 22.6 Å². The monoisotopic (exact) mass is 388 g/mol. The van der Waals surface area contributed by atoms with Gasteiger partial charge in [-0.15, -0.1) is 0 Å². The molecule has 1 aromatic carbocycles. The summed E-state index contributed by atoms with van der Waals surface area (Å²) in [6.07, 6.45) is 4.58. The van der Waals surface area contributed by atoms with Crippen molar-refractivity contribution in [2.45, 2.75) is 19.4 Å². The van der Waals surface area contributed by atoms with Crippen LogP contribution in [0.25, 0.3) is 0 Å². The van der Waals surface area contributed by atoms with Gasteiger partial charge in [-0.05, 0) is 47.2 Å². The third-order valence-corrected chi connectivity index (χ3v) is 3.21. The number of benzene rings is 1. The Labute approximate surface area is 129 Å². The van der Waals surface area contributed by atoms with Gasteiger partial charge in [-0.2, -0.15) is 5.10 Å². The molecule has 5 nitrogen and oxygen atoms in total. The van der Waals surface area contributed by atoms with Gasteiger partial charge in [0.1, 0.15) is 5.82 Å². The standard InChI is InChI=1S/C13H14FIN4O/c14-11-4-3-10(16)6-12(11)18-13(20)2-1-5-19-8-9(15)7-17-19/h3-4,6-8H,1-2,5,16H2,(H,18,20). The van der Waals surface area contributed by atoms with E-state index >= 15 is 0 Å². The maximum Gasteiger partial charge on any atom is 0.224 e. The van der Waals surface area contributed by atoms with Gasteiger partial charge in [-0.1, -0.05) is 0 Å². The molecule has 7 heteroatoms. The molecule has 2 aromatic rings. The second-order valence-corrected chi connectivity index (χ2v) is 5.56. The Hall–Kier alpha value is -1.64. The molecule has 3 N–H and O–H groups in total. The summed E-state index contributed by atoms with van der Waals surface area (Å²) in [6, 6.07) is 4.09. The van der Waals surface area contributed by atoms with Crippen molar-refractivity contribution in [2.24, 2.45) is 0 Å². The summed E-state index contributed by atoms with van der Waals surface area (Å²) in [7, 11) is 0. The zero-order chi connectivity index (χ0) is 14.5. The number of nitrogen functional groups attached to an aromatic ring is 1. The second-order valence-electron chi connectivity index (χ2n) is 4.31. The minimum atomic E-state index is -0.492. The summed E-state index contributed by atoms with van der Waals surface area (Å²) in [5.74, 6) is -0.731. The van der Waals surface area contributed by atoms with E-state index in [1.807, 2.05) is 6.20 Å². The molecular formula is C13H14FIN4O. The summed E-state index contributed by atoms with van der Waals surface area (Å²) in [4.78, 5) is 11.7. The summed E-state index contributed by atoms with van der Waals surface area (Å²) in [5.41, 5.74) is 6.08. The Kier molecular flexibility index (Phi) is 4.94. The van der Waals surface area contributed by atoms with Gasteiger partial charge in [-0.25, -0.2) is 4.39 Å². The number of amides is 1. The SMILES string of the molecule is Nc1ccc(F)c(NC(=O)CCCn2cc(I)cn2)c1. The first-order chi connectivity index (χ1) is 9.54. The van der Waals surface area contributed by atoms with Crippen molar-refractivity contribution in [3.8, 4) is 0 Å². The Balaban J connectivity index is 1.82. The molecule has 1 aromatic heterocycles. The van der Waals surface area contributed by atoms with Crippen molar-refractivity contribution in [3.05, 3.63) is 40.0 Å². The molecule has 0 radical (unpaired) electrons. The van der Waals surface area contributed by atoms with E-state index in [1.54, 1.807) is 10.9 Å². The van der Waals surface area contributed by atoms with Gasteiger partial charge in [-0.3, -0.25) is 9.48 Å². The number of nitrogens with zero attached hydrogens (tertiary/aromatic N) is 2. The van der Waals surface area contributed by atoms with Gasteiger partial charge in [0.2, 0.25) is 5.91 Å². The molecule has 1 amide bonds. The maximum absolute atomic E-state index is 13.4. The number of hydrogen-bond acceptors (Lipinski definition) is 3. The number of nitrogens with one attached hydrogen (secondary N) is 1. The van der Waals surface area contributed by atoms with Crippen molar-refractivity contribution in [2.75, 3.05) is 11.1 Å². The van der Waals surface area contributed by atoms with Crippen molar-refractivity contribution in [1.29, 1.82) is 0 Å². The molecule has 0 bridgehead atoms. The lowest BCUT2D eigenvalue weighted by molar-refractivity contribution is -0.116. The first kappa shape index (κ1) is 14.8. The minimum Gasteiger partial charge on any atom is -0.399 e. The van der Waals surface area contributed by atoms with Gasteiger partial charge in [0, 0.05) is 24.8 Å². The predicted octanol–water partition coefficient (Wildman–Crippen LogP) is 2.63. The van der Waals surface area contributed by atoms with Crippen LogP contribution in [0, 0.1) is 9.39 Å². The largest absolute Gasteiger partial charge is 0.399 e. The van der Waals surface area contributed by atoms with E-state index in [4.69, 9.17) is 5.73 Å². The predicted molar refractivity (Wildman–Crippen MR) is 83.6 cm³/mol. The molecule has 0 fully saturated rings. The number of aryl methyl sites for hydroxylation is 1. The number of carbonyl (C=O) groups is 1. The molecule has 0 saturated heterocycles. The zero-order valence-corrected chi connectivity index (χ0v) is 12.8. The smallest absolute Gasteiger partial charge is 0.224 e. The normalized spacial score (nSPS) is 10.5. The lowest BCUT2D eigenvalue weighted by Gasteiger charge is -2.07. The van der Waals surface area contributed by atoms with Crippen LogP contribution in [0.2, 0.25) is 0 Å². The molecule has 1 heterocycles. The van der Waals surface area contributed by atoms with Gasteiger partial charge < -0.3 is 11.1 Å². The van der Waals surface area contributed by atoms with Gasteiger partial charge >= 0.3 is 0 Å². The van der Waals surface area contributed by atoms with Crippen LogP contribution < -0.4 is 11.1 Å². The summed E-state index contributed by atoms with van der Waals surface area (Å²) >= 11 is 2.17. The van der Waals surface area contributed by atoms with E-state index in [0.717, 1.165) is 3.57 Å². The second kappa shape index (κ2) is 6.69. The highest BCUT2D eigenvalue weighted by atomic mass is 127. The number of nitrogens with two attached hydrogens (primary N) is 1. The lowest BCUT2D eigenvalue weighted by Crippen LogP contribution is -2.13. The van der Waals surface area contributed by atoms with E-state index in [0.29, 0.717) is 25.1 Å². The number of anilines is 2. The van der Waals surface area contributed by atoms with Crippen LogP contribution in [0.3, 0.4) is 0 Å².